The molecule has 0 fully saturated rings. The lowest BCUT2D eigenvalue weighted by Gasteiger charge is -2.15. The van der Waals surface area contributed by atoms with Crippen molar-refractivity contribution in [3.05, 3.63) is 46.4 Å². The molecule has 0 bridgehead atoms. The number of methoxy groups -OCH3 is 1. The molecule has 6 nitrogen and oxygen atoms in total. The van der Waals surface area contributed by atoms with Gasteiger partial charge in [-0.3, -0.25) is 4.79 Å². The normalized spacial score (nSPS) is 11.0. The Morgan fingerprint density at radius 2 is 1.80 bits per heavy atom. The van der Waals surface area contributed by atoms with E-state index in [0.717, 1.165) is 6.26 Å². The van der Waals surface area contributed by atoms with Crippen LogP contribution in [0.2, 0.25) is 10.0 Å². The minimum atomic E-state index is -3.64. The molecule has 134 valence electrons. The Morgan fingerprint density at radius 3 is 2.40 bits per heavy atom. The van der Waals surface area contributed by atoms with E-state index in [0.29, 0.717) is 10.7 Å². The number of nitrogens with one attached hydrogen (secondary N) is 2. The first-order chi connectivity index (χ1) is 11.7. The van der Waals surface area contributed by atoms with Crippen LogP contribution in [0.4, 0.5) is 11.4 Å². The van der Waals surface area contributed by atoms with Crippen molar-refractivity contribution in [3.63, 3.8) is 0 Å². The number of anilines is 2. The van der Waals surface area contributed by atoms with Crippen LogP contribution in [0.25, 0.3) is 0 Å². The van der Waals surface area contributed by atoms with Gasteiger partial charge in [0.05, 0.1) is 30.1 Å². The monoisotopic (exact) mass is 402 g/mol. The maximum atomic E-state index is 12.1. The molecule has 9 heteroatoms. The smallest absolute Gasteiger partial charge is 0.243 e. The summed E-state index contributed by atoms with van der Waals surface area (Å²) in [4.78, 5) is 11.9. The second-order valence-corrected chi connectivity index (χ2v) is 7.85. The number of hydrogen-bond acceptors (Lipinski definition) is 5. The summed E-state index contributed by atoms with van der Waals surface area (Å²) in [5, 5.41) is 5.78. The van der Waals surface area contributed by atoms with E-state index in [1.165, 1.54) is 19.2 Å². The molecule has 0 saturated heterocycles. The number of ether oxygens (including phenoxy) is 1. The Kier molecular flexibility index (Phi) is 6.16. The standard InChI is InChI=1S/C16H16Cl2N2O4S/c1-24-13-8-7-12(16(15(13)18)25(2,22)23)19-9-14(21)20-11-6-4-3-5-10(11)17/h3-8,19H,9H2,1-2H3,(H,20,21). The van der Waals surface area contributed by atoms with Crippen LogP contribution < -0.4 is 15.4 Å². The number of carbonyl (C=O) groups excluding carboxylic acids is 1. The number of amides is 1. The molecule has 0 atom stereocenters. The minimum absolute atomic E-state index is 0.0403. The summed E-state index contributed by atoms with van der Waals surface area (Å²) < 4.78 is 29.1. The lowest BCUT2D eigenvalue weighted by atomic mass is 10.3. The SMILES string of the molecule is COc1ccc(NCC(=O)Nc2ccccc2Cl)c(S(C)(=O)=O)c1Cl. The van der Waals surface area contributed by atoms with Crippen molar-refractivity contribution in [1.29, 1.82) is 0 Å². The molecule has 2 rings (SSSR count). The molecule has 0 aliphatic rings. The van der Waals surface area contributed by atoms with Gasteiger partial charge in [0.25, 0.3) is 0 Å². The van der Waals surface area contributed by atoms with E-state index in [-0.39, 0.29) is 33.8 Å². The Balaban J connectivity index is 2.19. The number of rotatable bonds is 6. The molecule has 25 heavy (non-hydrogen) atoms. The zero-order valence-electron chi connectivity index (χ0n) is 13.5. The van der Waals surface area contributed by atoms with E-state index in [9.17, 15) is 13.2 Å². The molecule has 0 aliphatic heterocycles. The van der Waals surface area contributed by atoms with Gasteiger partial charge >= 0.3 is 0 Å². The van der Waals surface area contributed by atoms with Gasteiger partial charge in [-0.15, -0.1) is 0 Å². The fourth-order valence-electron chi connectivity index (χ4n) is 2.13. The predicted octanol–water partition coefficient (Wildman–Crippen LogP) is 3.46. The van der Waals surface area contributed by atoms with E-state index in [4.69, 9.17) is 27.9 Å². The van der Waals surface area contributed by atoms with Crippen molar-refractivity contribution in [3.8, 4) is 5.75 Å². The third-order valence-electron chi connectivity index (χ3n) is 3.24. The second kappa shape index (κ2) is 7.95. The maximum Gasteiger partial charge on any atom is 0.243 e. The number of para-hydroxylation sites is 1. The van der Waals surface area contributed by atoms with Crippen LogP contribution >= 0.6 is 23.2 Å². The van der Waals surface area contributed by atoms with E-state index < -0.39 is 9.84 Å². The van der Waals surface area contributed by atoms with Crippen molar-refractivity contribution in [1.82, 2.24) is 0 Å². The van der Waals surface area contributed by atoms with Crippen LogP contribution in [0.5, 0.6) is 5.75 Å². The van der Waals surface area contributed by atoms with Crippen LogP contribution in [-0.2, 0) is 14.6 Å². The molecule has 0 aromatic heterocycles. The van der Waals surface area contributed by atoms with Gasteiger partial charge in [0.1, 0.15) is 15.7 Å². The molecule has 0 spiro atoms. The first-order valence-electron chi connectivity index (χ1n) is 7.09. The molecular weight excluding hydrogens is 387 g/mol. The van der Waals surface area contributed by atoms with Crippen LogP contribution in [0.3, 0.4) is 0 Å². The highest BCUT2D eigenvalue weighted by Crippen LogP contribution is 2.36. The molecule has 0 radical (unpaired) electrons. The van der Waals surface area contributed by atoms with Crippen LogP contribution in [0, 0.1) is 0 Å². The largest absolute Gasteiger partial charge is 0.495 e. The maximum absolute atomic E-state index is 12.1. The average Bonchev–Trinajstić information content (AvgIpc) is 2.54. The lowest BCUT2D eigenvalue weighted by molar-refractivity contribution is -0.114. The topological polar surface area (TPSA) is 84.5 Å². The summed E-state index contributed by atoms with van der Waals surface area (Å²) in [5.74, 6) is -0.160. The summed E-state index contributed by atoms with van der Waals surface area (Å²) in [7, 11) is -2.25. The van der Waals surface area contributed by atoms with Crippen LogP contribution in [0.1, 0.15) is 0 Å². The van der Waals surface area contributed by atoms with E-state index in [2.05, 4.69) is 10.6 Å². The van der Waals surface area contributed by atoms with Gasteiger partial charge in [0.15, 0.2) is 9.84 Å². The fourth-order valence-corrected chi connectivity index (χ4v) is 3.94. The van der Waals surface area contributed by atoms with Crippen molar-refractivity contribution >= 4 is 50.3 Å². The van der Waals surface area contributed by atoms with Gasteiger partial charge in [0, 0.05) is 6.26 Å². The second-order valence-electron chi connectivity index (χ2n) is 5.11. The third kappa shape index (κ3) is 4.78. The number of hydrogen-bond donors (Lipinski definition) is 2. The lowest BCUT2D eigenvalue weighted by Crippen LogP contribution is -2.22. The van der Waals surface area contributed by atoms with E-state index in [1.807, 2.05) is 0 Å². The quantitative estimate of drug-likeness (QED) is 0.772. The molecule has 2 N–H and O–H groups in total. The average molecular weight is 403 g/mol. The molecule has 0 aliphatic carbocycles. The molecule has 0 saturated carbocycles. The summed E-state index contributed by atoms with van der Waals surface area (Å²) in [5.41, 5.74) is 0.676. The number of carbonyl (C=O) groups is 1. The van der Waals surface area contributed by atoms with Crippen molar-refractivity contribution in [2.24, 2.45) is 0 Å². The number of benzene rings is 2. The van der Waals surface area contributed by atoms with E-state index in [1.54, 1.807) is 24.3 Å². The predicted molar refractivity (Wildman–Crippen MR) is 99.7 cm³/mol. The van der Waals surface area contributed by atoms with E-state index >= 15 is 0 Å². The van der Waals surface area contributed by atoms with Gasteiger partial charge < -0.3 is 15.4 Å². The van der Waals surface area contributed by atoms with Gasteiger partial charge in [-0.1, -0.05) is 35.3 Å². The first kappa shape index (κ1) is 19.4. The minimum Gasteiger partial charge on any atom is -0.495 e. The molecule has 0 heterocycles. The van der Waals surface area contributed by atoms with Gasteiger partial charge in [0.2, 0.25) is 5.91 Å². The number of sulfone groups is 1. The van der Waals surface area contributed by atoms with Gasteiger partial charge in [-0.05, 0) is 24.3 Å². The fraction of sp³-hybridized carbons (Fsp3) is 0.188. The highest BCUT2D eigenvalue weighted by atomic mass is 35.5. The molecule has 2 aromatic rings. The Morgan fingerprint density at radius 1 is 1.12 bits per heavy atom. The van der Waals surface area contributed by atoms with Crippen LogP contribution in [0.15, 0.2) is 41.3 Å². The zero-order valence-corrected chi connectivity index (χ0v) is 15.8. The Bertz CT molecular complexity index is 901. The molecular formula is C16H16Cl2N2O4S. The summed E-state index contributed by atoms with van der Waals surface area (Å²) in [6.45, 7) is -0.170. The van der Waals surface area contributed by atoms with Crippen molar-refractivity contribution in [2.45, 2.75) is 4.90 Å². The van der Waals surface area contributed by atoms with Crippen LogP contribution in [-0.4, -0.2) is 34.2 Å². The molecule has 1 amide bonds. The molecule has 0 unspecified atom stereocenters. The van der Waals surface area contributed by atoms with Crippen molar-refractivity contribution < 1.29 is 17.9 Å². The zero-order chi connectivity index (χ0) is 18.6. The highest BCUT2D eigenvalue weighted by Gasteiger charge is 2.21. The third-order valence-corrected chi connectivity index (χ3v) is 5.22. The summed E-state index contributed by atoms with van der Waals surface area (Å²) in [6, 6.07) is 9.80. The summed E-state index contributed by atoms with van der Waals surface area (Å²) >= 11 is 12.1. The summed E-state index contributed by atoms with van der Waals surface area (Å²) in [6.07, 6.45) is 1.03. The molecule has 2 aromatic carbocycles. The Hall–Kier alpha value is -1.96. The first-order valence-corrected chi connectivity index (χ1v) is 9.73. The Labute approximate surface area is 156 Å². The highest BCUT2D eigenvalue weighted by molar-refractivity contribution is 7.91. The number of halogens is 2. The van der Waals surface area contributed by atoms with Crippen molar-refractivity contribution in [2.75, 3.05) is 30.5 Å². The van der Waals surface area contributed by atoms with Gasteiger partial charge in [-0.2, -0.15) is 0 Å². The van der Waals surface area contributed by atoms with Gasteiger partial charge in [-0.25, -0.2) is 8.42 Å².